The highest BCUT2D eigenvalue weighted by Gasteiger charge is 2.36. The number of rotatable bonds is 1. The summed E-state index contributed by atoms with van der Waals surface area (Å²) in [6, 6.07) is 0.339. The predicted molar refractivity (Wildman–Crippen MR) is 41.4 cm³/mol. The zero-order valence-electron chi connectivity index (χ0n) is 7.45. The lowest BCUT2D eigenvalue weighted by atomic mass is 10.0. The van der Waals surface area contributed by atoms with Gasteiger partial charge in [0.05, 0.1) is 11.1 Å². The summed E-state index contributed by atoms with van der Waals surface area (Å²) in [6.07, 6.45) is -4.95. The summed E-state index contributed by atoms with van der Waals surface area (Å²) in [5, 5.41) is 0. The van der Waals surface area contributed by atoms with Crippen LogP contribution in [0, 0.1) is 11.6 Å². The molecule has 15 heavy (non-hydrogen) atoms. The molecule has 0 spiro atoms. The Morgan fingerprint density at radius 3 is 2.13 bits per heavy atom. The Kier molecular flexibility index (Phi) is 2.79. The van der Waals surface area contributed by atoms with Gasteiger partial charge in [-0.2, -0.15) is 13.2 Å². The van der Waals surface area contributed by atoms with Gasteiger partial charge in [0, 0.05) is 6.07 Å². The van der Waals surface area contributed by atoms with Gasteiger partial charge in [-0.3, -0.25) is 4.79 Å². The van der Waals surface area contributed by atoms with Crippen LogP contribution in [0.1, 0.15) is 22.8 Å². The summed E-state index contributed by atoms with van der Waals surface area (Å²) in [6.45, 7) is 0.783. The van der Waals surface area contributed by atoms with Crippen molar-refractivity contribution in [2.24, 2.45) is 0 Å². The van der Waals surface area contributed by atoms with E-state index in [1.165, 1.54) is 0 Å². The van der Waals surface area contributed by atoms with Crippen molar-refractivity contribution < 1.29 is 26.7 Å². The zero-order chi connectivity index (χ0) is 11.8. The second-order valence-corrected chi connectivity index (χ2v) is 2.86. The summed E-state index contributed by atoms with van der Waals surface area (Å²) in [4.78, 5) is 10.8. The van der Waals surface area contributed by atoms with E-state index in [0.717, 1.165) is 6.92 Å². The topological polar surface area (TPSA) is 17.1 Å². The Balaban J connectivity index is 3.54. The van der Waals surface area contributed by atoms with Crippen molar-refractivity contribution in [1.82, 2.24) is 0 Å². The van der Waals surface area contributed by atoms with E-state index in [2.05, 4.69) is 0 Å². The van der Waals surface area contributed by atoms with E-state index >= 15 is 0 Å². The monoisotopic (exact) mass is 224 g/mol. The van der Waals surface area contributed by atoms with Crippen LogP contribution >= 0.6 is 0 Å². The Bertz CT molecular complexity index is 408. The summed E-state index contributed by atoms with van der Waals surface area (Å²) < 4.78 is 62.3. The Morgan fingerprint density at radius 1 is 1.20 bits per heavy atom. The first-order valence-corrected chi connectivity index (χ1v) is 3.80. The molecular weight excluding hydrogens is 219 g/mol. The molecule has 0 aliphatic heterocycles. The summed E-state index contributed by atoms with van der Waals surface area (Å²) in [5.41, 5.74) is -2.73. The lowest BCUT2D eigenvalue weighted by molar-refractivity contribution is -0.138. The van der Waals surface area contributed by atoms with E-state index in [1.807, 2.05) is 0 Å². The van der Waals surface area contributed by atoms with E-state index in [-0.39, 0.29) is 12.1 Å². The minimum atomic E-state index is -4.95. The number of benzene rings is 1. The maximum atomic E-state index is 12.9. The smallest absolute Gasteiger partial charge is 0.294 e. The third-order valence-electron chi connectivity index (χ3n) is 1.71. The molecule has 82 valence electrons. The van der Waals surface area contributed by atoms with Crippen molar-refractivity contribution in [3.8, 4) is 0 Å². The SMILES string of the molecule is CC(=O)c1c(F)cc(F)cc1C(F)(F)F. The number of carbonyl (C=O) groups is 1. The minimum Gasteiger partial charge on any atom is -0.294 e. The molecule has 0 aliphatic carbocycles. The molecule has 1 rings (SSSR count). The molecule has 0 bridgehead atoms. The van der Waals surface area contributed by atoms with Crippen molar-refractivity contribution in [3.63, 3.8) is 0 Å². The Labute approximate surface area is 81.5 Å². The van der Waals surface area contributed by atoms with E-state index in [0.29, 0.717) is 0 Å². The first-order valence-electron chi connectivity index (χ1n) is 3.80. The predicted octanol–water partition coefficient (Wildman–Crippen LogP) is 3.19. The van der Waals surface area contributed by atoms with Gasteiger partial charge >= 0.3 is 6.18 Å². The first kappa shape index (κ1) is 11.6. The van der Waals surface area contributed by atoms with Crippen LogP contribution in [-0.2, 0) is 6.18 Å². The fourth-order valence-corrected chi connectivity index (χ4v) is 1.15. The van der Waals surface area contributed by atoms with E-state index in [1.54, 1.807) is 0 Å². The van der Waals surface area contributed by atoms with Crippen molar-refractivity contribution in [2.75, 3.05) is 0 Å². The van der Waals surface area contributed by atoms with Crippen LogP contribution in [0.3, 0.4) is 0 Å². The second-order valence-electron chi connectivity index (χ2n) is 2.86. The van der Waals surface area contributed by atoms with Crippen molar-refractivity contribution in [1.29, 1.82) is 0 Å². The normalized spacial score (nSPS) is 11.6. The lowest BCUT2D eigenvalue weighted by Gasteiger charge is -2.11. The van der Waals surface area contributed by atoms with Gasteiger partial charge in [-0.25, -0.2) is 8.78 Å². The van der Waals surface area contributed by atoms with E-state index in [9.17, 15) is 26.7 Å². The van der Waals surface area contributed by atoms with Gasteiger partial charge in [0.25, 0.3) is 0 Å². The fourth-order valence-electron chi connectivity index (χ4n) is 1.15. The van der Waals surface area contributed by atoms with Gasteiger partial charge < -0.3 is 0 Å². The molecule has 0 radical (unpaired) electrons. The first-order chi connectivity index (χ1) is 6.73. The van der Waals surface area contributed by atoms with Crippen LogP contribution in [0.25, 0.3) is 0 Å². The van der Waals surface area contributed by atoms with Gasteiger partial charge in [-0.1, -0.05) is 0 Å². The molecule has 0 aliphatic rings. The molecule has 0 saturated carbocycles. The molecular formula is C9H5F5O. The van der Waals surface area contributed by atoms with Crippen LogP contribution in [0.15, 0.2) is 12.1 Å². The fraction of sp³-hybridized carbons (Fsp3) is 0.222. The zero-order valence-corrected chi connectivity index (χ0v) is 7.45. The molecule has 1 aromatic carbocycles. The van der Waals surface area contributed by atoms with Crippen molar-refractivity contribution >= 4 is 5.78 Å². The number of carbonyl (C=O) groups excluding carboxylic acids is 1. The maximum absolute atomic E-state index is 12.9. The minimum absolute atomic E-state index is 0.0970. The summed E-state index contributed by atoms with van der Waals surface area (Å²) in [5.74, 6) is -3.97. The number of hydrogen-bond acceptors (Lipinski definition) is 1. The molecule has 0 unspecified atom stereocenters. The molecule has 0 fully saturated rings. The maximum Gasteiger partial charge on any atom is 0.417 e. The van der Waals surface area contributed by atoms with Gasteiger partial charge in [0.2, 0.25) is 0 Å². The highest BCUT2D eigenvalue weighted by Crippen LogP contribution is 2.33. The van der Waals surface area contributed by atoms with Crippen molar-refractivity contribution in [2.45, 2.75) is 13.1 Å². The molecule has 0 amide bonds. The third kappa shape index (κ3) is 2.31. The molecule has 0 saturated heterocycles. The summed E-state index contributed by atoms with van der Waals surface area (Å²) >= 11 is 0. The van der Waals surface area contributed by atoms with Crippen LogP contribution in [0.5, 0.6) is 0 Å². The van der Waals surface area contributed by atoms with Crippen LogP contribution in [0.4, 0.5) is 22.0 Å². The highest BCUT2D eigenvalue weighted by atomic mass is 19.4. The standard InChI is InChI=1S/C9H5F5O/c1-4(15)8-6(9(12,13)14)2-5(10)3-7(8)11/h2-3H,1H3. The quantitative estimate of drug-likeness (QED) is 0.528. The highest BCUT2D eigenvalue weighted by molar-refractivity contribution is 5.96. The average Bonchev–Trinajstić information content (AvgIpc) is 1.99. The molecule has 1 aromatic rings. The second kappa shape index (κ2) is 3.60. The van der Waals surface area contributed by atoms with Crippen molar-refractivity contribution in [3.05, 3.63) is 34.9 Å². The van der Waals surface area contributed by atoms with Crippen LogP contribution in [0.2, 0.25) is 0 Å². The number of hydrogen-bond donors (Lipinski definition) is 0. The van der Waals surface area contributed by atoms with E-state index < -0.39 is 34.7 Å². The average molecular weight is 224 g/mol. The number of alkyl halides is 3. The third-order valence-corrected chi connectivity index (χ3v) is 1.71. The number of Topliss-reactive ketones (excluding diaryl/α,β-unsaturated/α-hetero) is 1. The van der Waals surface area contributed by atoms with Crippen LogP contribution < -0.4 is 0 Å². The molecule has 1 nitrogen and oxygen atoms in total. The summed E-state index contributed by atoms with van der Waals surface area (Å²) in [7, 11) is 0. The van der Waals surface area contributed by atoms with E-state index in [4.69, 9.17) is 0 Å². The largest absolute Gasteiger partial charge is 0.417 e. The molecule has 0 N–H and O–H groups in total. The van der Waals surface area contributed by atoms with Crippen LogP contribution in [-0.4, -0.2) is 5.78 Å². The lowest BCUT2D eigenvalue weighted by Crippen LogP contribution is -2.14. The van der Waals surface area contributed by atoms with Gasteiger partial charge in [0.15, 0.2) is 5.78 Å². The van der Waals surface area contributed by atoms with Gasteiger partial charge in [-0.15, -0.1) is 0 Å². The van der Waals surface area contributed by atoms with Gasteiger partial charge in [-0.05, 0) is 13.0 Å². The molecule has 0 atom stereocenters. The van der Waals surface area contributed by atoms with Gasteiger partial charge in [0.1, 0.15) is 11.6 Å². The number of halogens is 5. The number of ketones is 1. The Morgan fingerprint density at radius 2 is 1.73 bits per heavy atom. The molecule has 0 heterocycles. The molecule has 6 heteroatoms. The molecule has 0 aromatic heterocycles. The Hall–Kier alpha value is -1.46.